The predicted octanol–water partition coefficient (Wildman–Crippen LogP) is 3.34. The third-order valence-corrected chi connectivity index (χ3v) is 3.11. The van der Waals surface area contributed by atoms with Gasteiger partial charge in [0, 0.05) is 11.8 Å². The standard InChI is InChI=1S/C14H8F3N3O2/c15-14(16,17)9-4-2-1-3-7(9)12-19-10-6-18-5-8(13(21)22)11(10)20-12/h1-6H,(H,19,20)(H,21,22). The van der Waals surface area contributed by atoms with E-state index in [1.807, 2.05) is 0 Å². The van der Waals surface area contributed by atoms with Gasteiger partial charge in [-0.25, -0.2) is 9.78 Å². The SMILES string of the molecule is O=C(O)c1cncc2[nH]c(-c3ccccc3C(F)(F)F)nc12. The van der Waals surface area contributed by atoms with Crippen molar-refractivity contribution in [1.29, 1.82) is 0 Å². The van der Waals surface area contributed by atoms with Gasteiger partial charge in [-0.15, -0.1) is 0 Å². The first-order chi connectivity index (χ1) is 10.4. The number of aromatic amines is 1. The van der Waals surface area contributed by atoms with Gasteiger partial charge >= 0.3 is 12.1 Å². The lowest BCUT2D eigenvalue weighted by molar-refractivity contribution is -0.137. The molecule has 0 aliphatic rings. The third kappa shape index (κ3) is 2.28. The van der Waals surface area contributed by atoms with Crippen LogP contribution in [0.25, 0.3) is 22.4 Å². The first kappa shape index (κ1) is 14.1. The molecule has 3 aromatic rings. The van der Waals surface area contributed by atoms with E-state index in [2.05, 4.69) is 15.0 Å². The van der Waals surface area contributed by atoms with Crippen LogP contribution in [0.5, 0.6) is 0 Å². The van der Waals surface area contributed by atoms with Gasteiger partial charge < -0.3 is 10.1 Å². The van der Waals surface area contributed by atoms with Gasteiger partial charge in [0.15, 0.2) is 0 Å². The van der Waals surface area contributed by atoms with E-state index >= 15 is 0 Å². The van der Waals surface area contributed by atoms with E-state index in [-0.39, 0.29) is 28.0 Å². The summed E-state index contributed by atoms with van der Waals surface area (Å²) in [5, 5.41) is 9.07. The topological polar surface area (TPSA) is 78.9 Å². The van der Waals surface area contributed by atoms with Crippen LogP contribution in [0.3, 0.4) is 0 Å². The molecule has 0 fully saturated rings. The Morgan fingerprint density at radius 2 is 1.91 bits per heavy atom. The summed E-state index contributed by atoms with van der Waals surface area (Å²) in [5.41, 5.74) is -0.854. The van der Waals surface area contributed by atoms with Crippen molar-refractivity contribution in [1.82, 2.24) is 15.0 Å². The Morgan fingerprint density at radius 3 is 2.59 bits per heavy atom. The summed E-state index contributed by atoms with van der Waals surface area (Å²) in [4.78, 5) is 21.5. The molecule has 0 amide bonds. The van der Waals surface area contributed by atoms with E-state index in [0.717, 1.165) is 12.3 Å². The number of hydrogen-bond acceptors (Lipinski definition) is 3. The molecular formula is C14H8F3N3O2. The minimum absolute atomic E-state index is 0.0570. The molecule has 1 aromatic carbocycles. The Hall–Kier alpha value is -2.90. The molecule has 0 radical (unpaired) electrons. The lowest BCUT2D eigenvalue weighted by atomic mass is 10.1. The highest BCUT2D eigenvalue weighted by Gasteiger charge is 2.34. The summed E-state index contributed by atoms with van der Waals surface area (Å²) in [6.07, 6.45) is -2.12. The van der Waals surface area contributed by atoms with E-state index in [1.165, 1.54) is 24.4 Å². The van der Waals surface area contributed by atoms with E-state index in [1.54, 1.807) is 0 Å². The monoisotopic (exact) mass is 307 g/mol. The van der Waals surface area contributed by atoms with Gasteiger partial charge in [0.05, 0.1) is 17.3 Å². The van der Waals surface area contributed by atoms with E-state index in [9.17, 15) is 18.0 Å². The lowest BCUT2D eigenvalue weighted by Gasteiger charge is -2.10. The van der Waals surface area contributed by atoms with Crippen molar-refractivity contribution in [3.8, 4) is 11.4 Å². The van der Waals surface area contributed by atoms with Crippen LogP contribution >= 0.6 is 0 Å². The summed E-state index contributed by atoms with van der Waals surface area (Å²) in [7, 11) is 0. The molecule has 0 aliphatic heterocycles. The maximum Gasteiger partial charge on any atom is 0.417 e. The number of alkyl halides is 3. The summed E-state index contributed by atoms with van der Waals surface area (Å²) >= 11 is 0. The molecule has 3 rings (SSSR count). The van der Waals surface area contributed by atoms with E-state index < -0.39 is 17.7 Å². The number of carboxylic acids is 1. The van der Waals surface area contributed by atoms with Gasteiger partial charge in [0.25, 0.3) is 0 Å². The number of carboxylic acid groups (broad SMARTS) is 1. The zero-order chi connectivity index (χ0) is 15.9. The number of pyridine rings is 1. The number of carbonyl (C=O) groups is 1. The molecule has 0 bridgehead atoms. The molecule has 0 saturated heterocycles. The number of imidazole rings is 1. The molecule has 0 saturated carbocycles. The van der Waals surface area contributed by atoms with Crippen molar-refractivity contribution in [2.75, 3.05) is 0 Å². The van der Waals surface area contributed by atoms with Gasteiger partial charge in [-0.2, -0.15) is 13.2 Å². The molecule has 112 valence electrons. The van der Waals surface area contributed by atoms with Crippen molar-refractivity contribution in [3.05, 3.63) is 47.8 Å². The maximum absolute atomic E-state index is 13.0. The van der Waals surface area contributed by atoms with Crippen LogP contribution in [-0.2, 0) is 6.18 Å². The number of aromatic carboxylic acids is 1. The number of nitrogens with zero attached hydrogens (tertiary/aromatic N) is 2. The molecule has 2 N–H and O–H groups in total. The minimum Gasteiger partial charge on any atom is -0.478 e. The highest BCUT2D eigenvalue weighted by atomic mass is 19.4. The Balaban J connectivity index is 2.25. The van der Waals surface area contributed by atoms with Crippen LogP contribution in [0.2, 0.25) is 0 Å². The van der Waals surface area contributed by atoms with Crippen LogP contribution in [0, 0.1) is 0 Å². The number of H-pyrrole nitrogens is 1. The molecule has 0 aliphatic carbocycles. The van der Waals surface area contributed by atoms with Crippen LogP contribution < -0.4 is 0 Å². The van der Waals surface area contributed by atoms with Crippen LogP contribution in [0.4, 0.5) is 13.2 Å². The molecule has 5 nitrogen and oxygen atoms in total. The fourth-order valence-electron chi connectivity index (χ4n) is 2.15. The molecule has 2 aromatic heterocycles. The zero-order valence-electron chi connectivity index (χ0n) is 10.8. The normalized spacial score (nSPS) is 11.8. The Bertz CT molecular complexity index is 871. The first-order valence-electron chi connectivity index (χ1n) is 6.11. The summed E-state index contributed by atoms with van der Waals surface area (Å²) in [6, 6.07) is 4.95. The average Bonchev–Trinajstić information content (AvgIpc) is 2.89. The van der Waals surface area contributed by atoms with E-state index in [0.29, 0.717) is 0 Å². The number of aromatic nitrogens is 3. The van der Waals surface area contributed by atoms with Crippen LogP contribution in [-0.4, -0.2) is 26.0 Å². The van der Waals surface area contributed by atoms with Crippen molar-refractivity contribution in [3.63, 3.8) is 0 Å². The first-order valence-corrected chi connectivity index (χ1v) is 6.11. The quantitative estimate of drug-likeness (QED) is 0.761. The second kappa shape index (κ2) is 4.83. The average molecular weight is 307 g/mol. The third-order valence-electron chi connectivity index (χ3n) is 3.11. The molecule has 8 heteroatoms. The molecule has 0 unspecified atom stereocenters. The highest BCUT2D eigenvalue weighted by molar-refractivity contribution is 6.01. The number of halogens is 3. The molecule has 2 heterocycles. The van der Waals surface area contributed by atoms with Crippen LogP contribution in [0.15, 0.2) is 36.7 Å². The Kier molecular flexibility index (Phi) is 3.09. The minimum atomic E-state index is -4.54. The van der Waals surface area contributed by atoms with Gasteiger partial charge in [-0.05, 0) is 6.07 Å². The number of fused-ring (bicyclic) bond motifs is 1. The number of nitrogens with one attached hydrogen (secondary N) is 1. The lowest BCUT2D eigenvalue weighted by Crippen LogP contribution is -2.07. The Labute approximate surface area is 121 Å². The van der Waals surface area contributed by atoms with Gasteiger partial charge in [-0.3, -0.25) is 4.98 Å². The predicted molar refractivity (Wildman–Crippen MR) is 71.3 cm³/mol. The molecular weight excluding hydrogens is 299 g/mol. The fraction of sp³-hybridized carbons (Fsp3) is 0.0714. The van der Waals surface area contributed by atoms with Crippen molar-refractivity contribution >= 4 is 17.0 Å². The van der Waals surface area contributed by atoms with E-state index in [4.69, 9.17) is 5.11 Å². The number of benzene rings is 1. The number of rotatable bonds is 2. The largest absolute Gasteiger partial charge is 0.478 e. The number of hydrogen-bond donors (Lipinski definition) is 2. The highest BCUT2D eigenvalue weighted by Crippen LogP contribution is 2.36. The fourth-order valence-corrected chi connectivity index (χ4v) is 2.15. The van der Waals surface area contributed by atoms with Gasteiger partial charge in [0.2, 0.25) is 0 Å². The molecule has 22 heavy (non-hydrogen) atoms. The maximum atomic E-state index is 13.0. The van der Waals surface area contributed by atoms with Crippen LogP contribution in [0.1, 0.15) is 15.9 Å². The summed E-state index contributed by atoms with van der Waals surface area (Å²) in [6.45, 7) is 0. The zero-order valence-corrected chi connectivity index (χ0v) is 10.8. The van der Waals surface area contributed by atoms with Gasteiger partial charge in [0.1, 0.15) is 16.9 Å². The van der Waals surface area contributed by atoms with Crippen molar-refractivity contribution in [2.45, 2.75) is 6.18 Å². The van der Waals surface area contributed by atoms with Crippen molar-refractivity contribution in [2.24, 2.45) is 0 Å². The summed E-state index contributed by atoms with van der Waals surface area (Å²) in [5.74, 6) is -1.31. The van der Waals surface area contributed by atoms with Crippen molar-refractivity contribution < 1.29 is 23.1 Å². The second-order valence-corrected chi connectivity index (χ2v) is 4.52. The molecule has 0 atom stereocenters. The van der Waals surface area contributed by atoms with Gasteiger partial charge in [-0.1, -0.05) is 18.2 Å². The summed E-state index contributed by atoms with van der Waals surface area (Å²) < 4.78 is 39.1. The molecule has 0 spiro atoms. The smallest absolute Gasteiger partial charge is 0.417 e. The second-order valence-electron chi connectivity index (χ2n) is 4.52. The Morgan fingerprint density at radius 1 is 1.18 bits per heavy atom.